The van der Waals surface area contributed by atoms with Gasteiger partial charge in [-0.2, -0.15) is 0 Å². The van der Waals surface area contributed by atoms with Crippen LogP contribution in [0.2, 0.25) is 5.02 Å². The number of benzene rings is 1. The van der Waals surface area contributed by atoms with Gasteiger partial charge in [0.1, 0.15) is 5.52 Å². The van der Waals surface area contributed by atoms with Gasteiger partial charge in [-0.15, -0.1) is 0 Å². The maximum Gasteiger partial charge on any atom is 0.313 e. The summed E-state index contributed by atoms with van der Waals surface area (Å²) in [5.74, 6) is -0.821. The Hall–Kier alpha value is -1.20. The minimum atomic E-state index is -0.832. The Balaban J connectivity index is 2.15. The number of carbonyl (C=O) groups is 1. The molecule has 1 heterocycles. The molecular formula is C15H17ClN2O2S. The average molecular weight is 325 g/mol. The van der Waals surface area contributed by atoms with Crippen LogP contribution in [0.15, 0.2) is 23.4 Å². The minimum absolute atomic E-state index is 0.000267. The molecule has 1 aromatic heterocycles. The summed E-state index contributed by atoms with van der Waals surface area (Å²) in [6.45, 7) is 2.23. The zero-order valence-corrected chi connectivity index (χ0v) is 13.4. The van der Waals surface area contributed by atoms with E-state index < -0.39 is 5.97 Å². The number of halogens is 1. The molecule has 1 aliphatic rings. The fraction of sp³-hybridized carbons (Fsp3) is 0.467. The summed E-state index contributed by atoms with van der Waals surface area (Å²) < 4.78 is 2.20. The van der Waals surface area contributed by atoms with Gasteiger partial charge in [0.2, 0.25) is 0 Å². The molecule has 1 saturated carbocycles. The summed E-state index contributed by atoms with van der Waals surface area (Å²) in [6.07, 6.45) is 4.57. The molecule has 1 aromatic carbocycles. The highest BCUT2D eigenvalue weighted by Gasteiger charge is 2.34. The van der Waals surface area contributed by atoms with Gasteiger partial charge in [0.05, 0.1) is 16.3 Å². The summed E-state index contributed by atoms with van der Waals surface area (Å²) in [5, 5.41) is 10.3. The summed E-state index contributed by atoms with van der Waals surface area (Å²) in [7, 11) is 0. The first kappa shape index (κ1) is 14.7. The van der Waals surface area contributed by atoms with Crippen LogP contribution < -0.4 is 0 Å². The highest BCUT2D eigenvalue weighted by molar-refractivity contribution is 7.99. The van der Waals surface area contributed by atoms with Crippen molar-refractivity contribution in [3.63, 3.8) is 0 Å². The molecule has 1 N–H and O–H groups in total. The van der Waals surface area contributed by atoms with Crippen LogP contribution in [0.25, 0.3) is 11.0 Å². The minimum Gasteiger partial charge on any atom is -0.481 e. The number of thioether (sulfide) groups is 1. The molecule has 2 aromatic rings. The van der Waals surface area contributed by atoms with Gasteiger partial charge in [-0.25, -0.2) is 4.98 Å². The molecule has 0 spiro atoms. The molecule has 4 nitrogen and oxygen atoms in total. The SMILES string of the molecule is CC1(n2c(SCC(=O)O)nc3c(Cl)cccc32)CCCC1. The fourth-order valence-electron chi connectivity index (χ4n) is 3.15. The van der Waals surface area contributed by atoms with Crippen molar-refractivity contribution in [1.82, 2.24) is 9.55 Å². The Labute approximate surface area is 132 Å². The molecule has 3 rings (SSSR count). The van der Waals surface area contributed by atoms with Gasteiger partial charge in [-0.05, 0) is 31.9 Å². The lowest BCUT2D eigenvalue weighted by Crippen LogP contribution is -2.27. The summed E-state index contributed by atoms with van der Waals surface area (Å²) in [5.41, 5.74) is 1.76. The van der Waals surface area contributed by atoms with Gasteiger partial charge < -0.3 is 9.67 Å². The number of hydrogen-bond acceptors (Lipinski definition) is 3. The fourth-order valence-corrected chi connectivity index (χ4v) is 4.22. The molecular weight excluding hydrogens is 308 g/mol. The van der Waals surface area contributed by atoms with Crippen molar-refractivity contribution in [3.05, 3.63) is 23.2 Å². The first-order valence-electron chi connectivity index (χ1n) is 7.03. The maximum atomic E-state index is 10.9. The smallest absolute Gasteiger partial charge is 0.313 e. The van der Waals surface area contributed by atoms with Gasteiger partial charge in [0, 0.05) is 5.54 Å². The predicted octanol–water partition coefficient (Wildman–Crippen LogP) is 4.16. The number of para-hydroxylation sites is 1. The molecule has 0 saturated heterocycles. The molecule has 0 unspecified atom stereocenters. The van der Waals surface area contributed by atoms with E-state index in [1.54, 1.807) is 0 Å². The number of hydrogen-bond donors (Lipinski definition) is 1. The summed E-state index contributed by atoms with van der Waals surface area (Å²) in [6, 6.07) is 5.76. The van der Waals surface area contributed by atoms with E-state index in [4.69, 9.17) is 16.7 Å². The van der Waals surface area contributed by atoms with E-state index in [0.717, 1.165) is 29.0 Å². The Morgan fingerprint density at radius 1 is 1.48 bits per heavy atom. The molecule has 0 aliphatic heterocycles. The van der Waals surface area contributed by atoms with Crippen LogP contribution in [0.4, 0.5) is 0 Å². The second kappa shape index (κ2) is 5.54. The lowest BCUT2D eigenvalue weighted by atomic mass is 10.0. The van der Waals surface area contributed by atoms with Crippen LogP contribution in [0, 0.1) is 0 Å². The van der Waals surface area contributed by atoms with Gasteiger partial charge >= 0.3 is 5.97 Å². The lowest BCUT2D eigenvalue weighted by Gasteiger charge is -2.28. The van der Waals surface area contributed by atoms with Crippen molar-refractivity contribution in [2.75, 3.05) is 5.75 Å². The molecule has 21 heavy (non-hydrogen) atoms. The van der Waals surface area contributed by atoms with Crippen molar-refractivity contribution < 1.29 is 9.90 Å². The Kier molecular flexibility index (Phi) is 3.88. The molecule has 0 amide bonds. The second-order valence-corrected chi connectivity index (χ2v) is 7.07. The van der Waals surface area contributed by atoms with Crippen molar-refractivity contribution in [2.45, 2.75) is 43.3 Å². The topological polar surface area (TPSA) is 55.1 Å². The van der Waals surface area contributed by atoms with Crippen molar-refractivity contribution >= 4 is 40.4 Å². The number of nitrogens with zero attached hydrogens (tertiary/aromatic N) is 2. The number of fused-ring (bicyclic) bond motifs is 1. The number of carboxylic acid groups (broad SMARTS) is 1. The van der Waals surface area contributed by atoms with Gasteiger partial charge in [0.15, 0.2) is 5.16 Å². The number of aromatic nitrogens is 2. The average Bonchev–Trinajstić information content (AvgIpc) is 3.01. The summed E-state index contributed by atoms with van der Waals surface area (Å²) >= 11 is 7.52. The first-order chi connectivity index (χ1) is 10.0. The number of carboxylic acids is 1. The Morgan fingerprint density at radius 2 is 2.19 bits per heavy atom. The van der Waals surface area contributed by atoms with Crippen LogP contribution >= 0.6 is 23.4 Å². The monoisotopic (exact) mass is 324 g/mol. The van der Waals surface area contributed by atoms with E-state index in [9.17, 15) is 4.79 Å². The Bertz CT molecular complexity index is 692. The number of aliphatic carboxylic acids is 1. The van der Waals surface area contributed by atoms with Crippen LogP contribution in [0.3, 0.4) is 0 Å². The lowest BCUT2D eigenvalue weighted by molar-refractivity contribution is -0.133. The number of rotatable bonds is 4. The number of imidazole rings is 1. The summed E-state index contributed by atoms with van der Waals surface area (Å²) in [4.78, 5) is 15.5. The Morgan fingerprint density at radius 3 is 2.86 bits per heavy atom. The zero-order chi connectivity index (χ0) is 15.0. The highest BCUT2D eigenvalue weighted by atomic mass is 35.5. The highest BCUT2D eigenvalue weighted by Crippen LogP contribution is 2.42. The predicted molar refractivity (Wildman–Crippen MR) is 85.2 cm³/mol. The van der Waals surface area contributed by atoms with Crippen LogP contribution in [0.1, 0.15) is 32.6 Å². The van der Waals surface area contributed by atoms with E-state index in [1.165, 1.54) is 24.6 Å². The third-order valence-corrected chi connectivity index (χ3v) is 5.38. The molecule has 1 aliphatic carbocycles. The van der Waals surface area contributed by atoms with Crippen molar-refractivity contribution in [3.8, 4) is 0 Å². The van der Waals surface area contributed by atoms with Crippen molar-refractivity contribution in [2.24, 2.45) is 0 Å². The van der Waals surface area contributed by atoms with Crippen LogP contribution in [-0.2, 0) is 10.3 Å². The van der Waals surface area contributed by atoms with Gasteiger partial charge in [0.25, 0.3) is 0 Å². The first-order valence-corrected chi connectivity index (χ1v) is 8.40. The van der Waals surface area contributed by atoms with E-state index >= 15 is 0 Å². The molecule has 0 atom stereocenters. The molecule has 0 radical (unpaired) electrons. The quantitative estimate of drug-likeness (QED) is 0.858. The van der Waals surface area contributed by atoms with E-state index in [2.05, 4.69) is 16.5 Å². The van der Waals surface area contributed by atoms with Gasteiger partial charge in [-0.3, -0.25) is 4.79 Å². The van der Waals surface area contributed by atoms with E-state index in [0.29, 0.717) is 5.02 Å². The maximum absolute atomic E-state index is 10.9. The molecule has 6 heteroatoms. The van der Waals surface area contributed by atoms with E-state index in [-0.39, 0.29) is 11.3 Å². The molecule has 112 valence electrons. The third-order valence-electron chi connectivity index (χ3n) is 4.15. The second-order valence-electron chi connectivity index (χ2n) is 5.72. The van der Waals surface area contributed by atoms with Crippen LogP contribution in [0.5, 0.6) is 0 Å². The largest absolute Gasteiger partial charge is 0.481 e. The molecule has 1 fully saturated rings. The van der Waals surface area contributed by atoms with Crippen LogP contribution in [-0.4, -0.2) is 26.4 Å². The normalized spacial score (nSPS) is 17.4. The zero-order valence-electron chi connectivity index (χ0n) is 11.8. The van der Waals surface area contributed by atoms with Gasteiger partial charge in [-0.1, -0.05) is 42.3 Å². The molecule has 0 bridgehead atoms. The third kappa shape index (κ3) is 2.64. The van der Waals surface area contributed by atoms with Crippen molar-refractivity contribution in [1.29, 1.82) is 0 Å². The van der Waals surface area contributed by atoms with E-state index in [1.807, 2.05) is 18.2 Å². The standard InChI is InChI=1S/C15H17ClN2O2S/c1-15(7-2-3-8-15)18-11-6-4-5-10(16)13(11)17-14(18)21-9-12(19)20/h4-6H,2-3,7-9H2,1H3,(H,19,20).